The van der Waals surface area contributed by atoms with E-state index in [1.54, 1.807) is 6.33 Å². The van der Waals surface area contributed by atoms with Gasteiger partial charge in [0.05, 0.1) is 0 Å². The number of hydrogen-bond donors (Lipinski definition) is 1. The van der Waals surface area contributed by atoms with Crippen LogP contribution in [0.25, 0.3) is 0 Å². The lowest BCUT2D eigenvalue weighted by molar-refractivity contribution is 0.514. The molecule has 1 fully saturated rings. The van der Waals surface area contributed by atoms with Crippen molar-refractivity contribution >= 4 is 5.82 Å². The molecular formula is C16H28N4. The summed E-state index contributed by atoms with van der Waals surface area (Å²) in [5, 5.41) is 0. The summed E-state index contributed by atoms with van der Waals surface area (Å²) < 4.78 is 0. The number of aromatic nitrogens is 2. The molecule has 0 saturated heterocycles. The highest BCUT2D eigenvalue weighted by Gasteiger charge is 2.21. The first-order chi connectivity index (χ1) is 9.85. The van der Waals surface area contributed by atoms with Gasteiger partial charge < -0.3 is 10.6 Å². The average Bonchev–Trinajstić information content (AvgIpc) is 2.77. The van der Waals surface area contributed by atoms with E-state index in [0.717, 1.165) is 37.4 Å². The third-order valence-electron chi connectivity index (χ3n) is 4.23. The maximum atomic E-state index is 5.71. The molecule has 1 saturated carbocycles. The minimum absolute atomic E-state index is 0.628. The topological polar surface area (TPSA) is 55.0 Å². The highest BCUT2D eigenvalue weighted by molar-refractivity contribution is 5.40. The molecule has 1 aromatic rings. The quantitative estimate of drug-likeness (QED) is 0.812. The molecule has 4 heteroatoms. The van der Waals surface area contributed by atoms with Crippen LogP contribution in [-0.4, -0.2) is 29.1 Å². The minimum Gasteiger partial charge on any atom is -0.353 e. The van der Waals surface area contributed by atoms with Gasteiger partial charge in [-0.25, -0.2) is 9.97 Å². The van der Waals surface area contributed by atoms with Crippen LogP contribution in [-0.2, 0) is 6.42 Å². The molecule has 0 amide bonds. The summed E-state index contributed by atoms with van der Waals surface area (Å²) in [6.07, 6.45) is 11.7. The third kappa shape index (κ3) is 4.17. The van der Waals surface area contributed by atoms with Gasteiger partial charge in [-0.15, -0.1) is 0 Å². The molecule has 20 heavy (non-hydrogen) atoms. The van der Waals surface area contributed by atoms with Crippen molar-refractivity contribution in [3.63, 3.8) is 0 Å². The van der Waals surface area contributed by atoms with Crippen molar-refractivity contribution < 1.29 is 0 Å². The molecule has 0 spiro atoms. The number of anilines is 1. The minimum atomic E-state index is 0.628. The highest BCUT2D eigenvalue weighted by atomic mass is 15.2. The van der Waals surface area contributed by atoms with Crippen molar-refractivity contribution in [2.24, 2.45) is 5.73 Å². The Balaban J connectivity index is 2.15. The second kappa shape index (κ2) is 8.20. The van der Waals surface area contributed by atoms with Crippen molar-refractivity contribution in [2.45, 2.75) is 64.3 Å². The van der Waals surface area contributed by atoms with E-state index in [1.807, 2.05) is 0 Å². The Kier molecular flexibility index (Phi) is 6.25. The second-order valence-corrected chi connectivity index (χ2v) is 5.70. The van der Waals surface area contributed by atoms with E-state index >= 15 is 0 Å². The first kappa shape index (κ1) is 15.2. The smallest absolute Gasteiger partial charge is 0.132 e. The molecule has 1 aliphatic rings. The van der Waals surface area contributed by atoms with Gasteiger partial charge in [0.2, 0.25) is 0 Å². The highest BCUT2D eigenvalue weighted by Crippen LogP contribution is 2.26. The summed E-state index contributed by atoms with van der Waals surface area (Å²) in [4.78, 5) is 11.3. The fourth-order valence-electron chi connectivity index (χ4n) is 3.05. The van der Waals surface area contributed by atoms with Gasteiger partial charge in [0.15, 0.2) is 0 Å². The maximum Gasteiger partial charge on any atom is 0.132 e. The van der Waals surface area contributed by atoms with Crippen LogP contribution >= 0.6 is 0 Å². The summed E-state index contributed by atoms with van der Waals surface area (Å²) in [6, 6.07) is 2.78. The number of rotatable bonds is 6. The van der Waals surface area contributed by atoms with Crippen molar-refractivity contribution in [3.05, 3.63) is 18.1 Å². The Hall–Kier alpha value is -1.16. The number of hydrogen-bond acceptors (Lipinski definition) is 4. The molecule has 0 aromatic carbocycles. The van der Waals surface area contributed by atoms with Gasteiger partial charge in [-0.3, -0.25) is 0 Å². The molecule has 1 aliphatic carbocycles. The van der Waals surface area contributed by atoms with Crippen LogP contribution in [0.15, 0.2) is 12.4 Å². The number of nitrogens with two attached hydrogens (primary N) is 1. The molecule has 0 radical (unpaired) electrons. The monoisotopic (exact) mass is 276 g/mol. The summed E-state index contributed by atoms with van der Waals surface area (Å²) in [6.45, 7) is 3.90. The maximum absolute atomic E-state index is 5.71. The molecule has 2 rings (SSSR count). The Morgan fingerprint density at radius 3 is 2.60 bits per heavy atom. The Morgan fingerprint density at radius 2 is 1.95 bits per heavy atom. The Labute approximate surface area is 122 Å². The summed E-state index contributed by atoms with van der Waals surface area (Å²) in [5.41, 5.74) is 6.84. The Bertz CT molecular complexity index is 386. The van der Waals surface area contributed by atoms with E-state index in [9.17, 15) is 0 Å². The Morgan fingerprint density at radius 1 is 1.20 bits per heavy atom. The largest absolute Gasteiger partial charge is 0.353 e. The fourth-order valence-corrected chi connectivity index (χ4v) is 3.05. The van der Waals surface area contributed by atoms with Crippen LogP contribution in [0.2, 0.25) is 0 Å². The molecule has 2 N–H and O–H groups in total. The van der Waals surface area contributed by atoms with E-state index in [4.69, 9.17) is 5.73 Å². The van der Waals surface area contributed by atoms with Gasteiger partial charge in [-0.05, 0) is 32.2 Å². The summed E-state index contributed by atoms with van der Waals surface area (Å²) in [7, 11) is 0. The molecule has 0 atom stereocenters. The number of nitrogens with zero attached hydrogens (tertiary/aromatic N) is 3. The van der Waals surface area contributed by atoms with Gasteiger partial charge in [-0.2, -0.15) is 0 Å². The molecule has 112 valence electrons. The molecule has 1 heterocycles. The number of aryl methyl sites for hydroxylation is 1. The van der Waals surface area contributed by atoms with E-state index in [-0.39, 0.29) is 0 Å². The van der Waals surface area contributed by atoms with Crippen LogP contribution < -0.4 is 10.6 Å². The SMILES string of the molecule is CCc1cc(N(CCCN)C2CCCCCC2)ncn1. The van der Waals surface area contributed by atoms with Crippen LogP contribution in [0.3, 0.4) is 0 Å². The van der Waals surface area contributed by atoms with E-state index in [0.29, 0.717) is 6.04 Å². The predicted molar refractivity (Wildman–Crippen MR) is 83.9 cm³/mol. The average molecular weight is 276 g/mol. The zero-order valence-electron chi connectivity index (χ0n) is 12.7. The van der Waals surface area contributed by atoms with Crippen LogP contribution in [0.1, 0.15) is 57.6 Å². The summed E-state index contributed by atoms with van der Waals surface area (Å²) in [5.74, 6) is 1.09. The van der Waals surface area contributed by atoms with Gasteiger partial charge >= 0.3 is 0 Å². The molecule has 0 unspecified atom stereocenters. The zero-order valence-corrected chi connectivity index (χ0v) is 12.7. The first-order valence-corrected chi connectivity index (χ1v) is 8.12. The lowest BCUT2D eigenvalue weighted by Gasteiger charge is -2.32. The molecule has 1 aromatic heterocycles. The van der Waals surface area contributed by atoms with Gasteiger partial charge in [-0.1, -0.05) is 32.6 Å². The lowest BCUT2D eigenvalue weighted by Crippen LogP contribution is -2.37. The second-order valence-electron chi connectivity index (χ2n) is 5.70. The lowest BCUT2D eigenvalue weighted by atomic mass is 10.1. The zero-order chi connectivity index (χ0) is 14.2. The summed E-state index contributed by atoms with van der Waals surface area (Å²) >= 11 is 0. The standard InChI is InChI=1S/C16H28N4/c1-2-14-12-16(19-13-18-14)20(11-7-10-17)15-8-5-3-4-6-9-15/h12-13,15H,2-11,17H2,1H3. The van der Waals surface area contributed by atoms with Gasteiger partial charge in [0, 0.05) is 24.3 Å². The van der Waals surface area contributed by atoms with E-state index in [2.05, 4.69) is 27.9 Å². The first-order valence-electron chi connectivity index (χ1n) is 8.12. The van der Waals surface area contributed by atoms with Crippen LogP contribution in [0.4, 0.5) is 5.82 Å². The normalized spacial score (nSPS) is 16.9. The predicted octanol–water partition coefficient (Wildman–Crippen LogP) is 2.92. The molecule has 4 nitrogen and oxygen atoms in total. The van der Waals surface area contributed by atoms with Crippen molar-refractivity contribution in [3.8, 4) is 0 Å². The molecule has 0 bridgehead atoms. The third-order valence-corrected chi connectivity index (χ3v) is 4.23. The van der Waals surface area contributed by atoms with E-state index < -0.39 is 0 Å². The molecule has 0 aliphatic heterocycles. The van der Waals surface area contributed by atoms with Crippen molar-refractivity contribution in [1.82, 2.24) is 9.97 Å². The van der Waals surface area contributed by atoms with Crippen LogP contribution in [0.5, 0.6) is 0 Å². The van der Waals surface area contributed by atoms with E-state index in [1.165, 1.54) is 38.5 Å². The van der Waals surface area contributed by atoms with Gasteiger partial charge in [0.1, 0.15) is 12.1 Å². The van der Waals surface area contributed by atoms with Crippen molar-refractivity contribution in [1.29, 1.82) is 0 Å². The fraction of sp³-hybridized carbons (Fsp3) is 0.750. The molecular weight excluding hydrogens is 248 g/mol. The van der Waals surface area contributed by atoms with Crippen LogP contribution in [0, 0.1) is 0 Å². The van der Waals surface area contributed by atoms with Gasteiger partial charge in [0.25, 0.3) is 0 Å². The van der Waals surface area contributed by atoms with Crippen molar-refractivity contribution in [2.75, 3.05) is 18.0 Å².